The van der Waals surface area contributed by atoms with Crippen molar-refractivity contribution in [3.05, 3.63) is 0 Å². The summed E-state index contributed by atoms with van der Waals surface area (Å²) in [4.78, 5) is 12.2. The van der Waals surface area contributed by atoms with E-state index in [1.54, 1.807) is 0 Å². The van der Waals surface area contributed by atoms with E-state index in [1.807, 2.05) is 14.1 Å². The second-order valence-electron chi connectivity index (χ2n) is 8.33. The first-order chi connectivity index (χ1) is 13.8. The fourth-order valence-corrected chi connectivity index (χ4v) is 3.71. The van der Waals surface area contributed by atoms with E-state index >= 15 is 0 Å². The number of hydrogen-bond donors (Lipinski definition) is 3. The van der Waals surface area contributed by atoms with Gasteiger partial charge in [-0.15, -0.1) is 0 Å². The third kappa shape index (κ3) is 18.7. The maximum Gasteiger partial charge on any atom is 0.237 e. The van der Waals surface area contributed by atoms with Gasteiger partial charge < -0.3 is 16.0 Å². The number of nitrogens with one attached hydrogen (secondary N) is 3. The van der Waals surface area contributed by atoms with Crippen LogP contribution >= 0.6 is 0 Å². The van der Waals surface area contributed by atoms with Crippen LogP contribution in [0.3, 0.4) is 0 Å². The molecule has 1 atom stereocenters. The van der Waals surface area contributed by atoms with E-state index in [4.69, 9.17) is 0 Å². The minimum atomic E-state index is -0.0384. The summed E-state index contributed by atoms with van der Waals surface area (Å²) < 4.78 is 0. The van der Waals surface area contributed by atoms with Crippen LogP contribution in [0.4, 0.5) is 0 Å². The molecule has 0 fully saturated rings. The van der Waals surface area contributed by atoms with E-state index in [-0.39, 0.29) is 11.9 Å². The van der Waals surface area contributed by atoms with E-state index in [9.17, 15) is 4.79 Å². The van der Waals surface area contributed by atoms with Crippen LogP contribution < -0.4 is 16.0 Å². The number of rotatable bonds is 22. The number of unbranched alkanes of at least 4 members (excludes halogenated alkanes) is 14. The van der Waals surface area contributed by atoms with E-state index in [0.29, 0.717) is 0 Å². The quantitative estimate of drug-likeness (QED) is 0.210. The van der Waals surface area contributed by atoms with E-state index in [2.05, 4.69) is 22.9 Å². The summed E-state index contributed by atoms with van der Waals surface area (Å²) in [5, 5.41) is 9.40. The highest BCUT2D eigenvalue weighted by Crippen LogP contribution is 2.12. The molecule has 0 saturated carbocycles. The van der Waals surface area contributed by atoms with Gasteiger partial charge in [-0.05, 0) is 39.9 Å². The Bertz CT molecular complexity index is 323. The number of carbonyl (C=O) groups is 1. The molecule has 28 heavy (non-hydrogen) atoms. The smallest absolute Gasteiger partial charge is 0.237 e. The third-order valence-corrected chi connectivity index (χ3v) is 5.66. The molecular formula is C24H51N3O. The SMILES string of the molecule is CCCCCCCCCCCCCCCCNC(=O)[C@H](CCCCNC)NC. The van der Waals surface area contributed by atoms with Crippen LogP contribution in [-0.4, -0.2) is 39.1 Å². The fraction of sp³-hybridized carbons (Fsp3) is 0.958. The van der Waals surface area contributed by atoms with Gasteiger partial charge in [0.2, 0.25) is 5.91 Å². The lowest BCUT2D eigenvalue weighted by Crippen LogP contribution is -2.42. The molecule has 0 aromatic rings. The maximum absolute atomic E-state index is 12.2. The van der Waals surface area contributed by atoms with E-state index < -0.39 is 0 Å². The molecule has 0 aromatic carbocycles. The number of carbonyl (C=O) groups excluding carboxylic acids is 1. The Kier molecular flexibility index (Phi) is 22.2. The molecule has 0 saturated heterocycles. The Morgan fingerprint density at radius 1 is 0.643 bits per heavy atom. The summed E-state index contributed by atoms with van der Waals surface area (Å²) in [7, 11) is 3.85. The molecular weight excluding hydrogens is 346 g/mol. The Morgan fingerprint density at radius 2 is 1.11 bits per heavy atom. The van der Waals surface area contributed by atoms with Crippen molar-refractivity contribution in [2.75, 3.05) is 27.2 Å². The van der Waals surface area contributed by atoms with Crippen LogP contribution in [0.1, 0.15) is 116 Å². The van der Waals surface area contributed by atoms with Crippen molar-refractivity contribution >= 4 is 5.91 Å². The van der Waals surface area contributed by atoms with Gasteiger partial charge in [0.1, 0.15) is 0 Å². The van der Waals surface area contributed by atoms with Crippen molar-refractivity contribution in [2.45, 2.75) is 122 Å². The summed E-state index contributed by atoms with van der Waals surface area (Å²) >= 11 is 0. The molecule has 0 bridgehead atoms. The Hall–Kier alpha value is -0.610. The van der Waals surface area contributed by atoms with E-state index in [0.717, 1.165) is 38.8 Å². The molecule has 0 aliphatic heterocycles. The summed E-state index contributed by atoms with van der Waals surface area (Å²) in [6, 6.07) is -0.0384. The highest BCUT2D eigenvalue weighted by molar-refractivity contribution is 5.81. The predicted molar refractivity (Wildman–Crippen MR) is 124 cm³/mol. The van der Waals surface area contributed by atoms with Crippen LogP contribution in [0, 0.1) is 0 Å². The Morgan fingerprint density at radius 3 is 1.57 bits per heavy atom. The molecule has 0 radical (unpaired) electrons. The lowest BCUT2D eigenvalue weighted by molar-refractivity contribution is -0.123. The average Bonchev–Trinajstić information content (AvgIpc) is 2.70. The maximum atomic E-state index is 12.2. The van der Waals surface area contributed by atoms with Gasteiger partial charge in [0, 0.05) is 6.54 Å². The van der Waals surface area contributed by atoms with Gasteiger partial charge in [-0.1, -0.05) is 96.8 Å². The van der Waals surface area contributed by atoms with Crippen molar-refractivity contribution in [3.63, 3.8) is 0 Å². The zero-order chi connectivity index (χ0) is 20.7. The molecule has 0 heterocycles. The van der Waals surface area contributed by atoms with Crippen molar-refractivity contribution in [1.29, 1.82) is 0 Å². The molecule has 0 spiro atoms. The van der Waals surface area contributed by atoms with Gasteiger partial charge in [0.15, 0.2) is 0 Å². The minimum absolute atomic E-state index is 0.0384. The van der Waals surface area contributed by atoms with Crippen LogP contribution in [0.5, 0.6) is 0 Å². The van der Waals surface area contributed by atoms with Gasteiger partial charge >= 0.3 is 0 Å². The van der Waals surface area contributed by atoms with Crippen LogP contribution in [0.25, 0.3) is 0 Å². The summed E-state index contributed by atoms with van der Waals surface area (Å²) in [5.41, 5.74) is 0. The molecule has 0 aliphatic rings. The lowest BCUT2D eigenvalue weighted by Gasteiger charge is -2.16. The molecule has 0 rings (SSSR count). The molecule has 1 amide bonds. The lowest BCUT2D eigenvalue weighted by atomic mass is 10.0. The minimum Gasteiger partial charge on any atom is -0.355 e. The average molecular weight is 398 g/mol. The zero-order valence-electron chi connectivity index (χ0n) is 19.4. The third-order valence-electron chi connectivity index (χ3n) is 5.66. The summed E-state index contributed by atoms with van der Waals surface area (Å²) in [5.74, 6) is 0.168. The largest absolute Gasteiger partial charge is 0.355 e. The highest BCUT2D eigenvalue weighted by atomic mass is 16.2. The highest BCUT2D eigenvalue weighted by Gasteiger charge is 2.14. The zero-order valence-corrected chi connectivity index (χ0v) is 19.4. The van der Waals surface area contributed by atoms with Gasteiger partial charge in [0.25, 0.3) is 0 Å². The Labute approximate surface area is 176 Å². The normalized spacial score (nSPS) is 12.2. The second-order valence-corrected chi connectivity index (χ2v) is 8.33. The van der Waals surface area contributed by atoms with Crippen molar-refractivity contribution in [1.82, 2.24) is 16.0 Å². The Balaban J connectivity index is 3.34. The summed E-state index contributed by atoms with van der Waals surface area (Å²) in [6.45, 7) is 4.13. The van der Waals surface area contributed by atoms with Crippen molar-refractivity contribution in [3.8, 4) is 0 Å². The van der Waals surface area contributed by atoms with Gasteiger partial charge in [-0.25, -0.2) is 0 Å². The second kappa shape index (κ2) is 22.7. The summed E-state index contributed by atoms with van der Waals surface area (Å²) in [6.07, 6.45) is 22.3. The van der Waals surface area contributed by atoms with Gasteiger partial charge in [-0.2, -0.15) is 0 Å². The number of amides is 1. The molecule has 3 N–H and O–H groups in total. The van der Waals surface area contributed by atoms with E-state index in [1.165, 1.54) is 83.5 Å². The molecule has 4 nitrogen and oxygen atoms in total. The fourth-order valence-electron chi connectivity index (χ4n) is 3.71. The van der Waals surface area contributed by atoms with Crippen LogP contribution in [-0.2, 0) is 4.79 Å². The molecule has 0 unspecified atom stereocenters. The molecule has 0 aromatic heterocycles. The standard InChI is InChI=1S/C24H51N3O/c1-4-5-6-7-8-9-10-11-12-13-14-15-16-18-22-27-24(28)23(26-3)20-17-19-21-25-2/h23,25-26H,4-22H2,1-3H3,(H,27,28)/t23-/m0/s1. The van der Waals surface area contributed by atoms with Crippen LogP contribution in [0.15, 0.2) is 0 Å². The molecule has 168 valence electrons. The van der Waals surface area contributed by atoms with Crippen molar-refractivity contribution < 1.29 is 4.79 Å². The first-order valence-corrected chi connectivity index (χ1v) is 12.4. The first kappa shape index (κ1) is 27.4. The number of hydrogen-bond acceptors (Lipinski definition) is 3. The van der Waals surface area contributed by atoms with Crippen molar-refractivity contribution in [2.24, 2.45) is 0 Å². The first-order valence-electron chi connectivity index (χ1n) is 12.4. The van der Waals surface area contributed by atoms with Gasteiger partial charge in [-0.3, -0.25) is 4.79 Å². The number of likely N-dealkylation sites (N-methyl/N-ethyl adjacent to an activating group) is 1. The van der Waals surface area contributed by atoms with Gasteiger partial charge in [0.05, 0.1) is 6.04 Å². The molecule has 0 aliphatic carbocycles. The predicted octanol–water partition coefficient (Wildman–Crippen LogP) is 5.56. The molecule has 4 heteroatoms. The topological polar surface area (TPSA) is 53.2 Å². The van der Waals surface area contributed by atoms with Crippen LogP contribution in [0.2, 0.25) is 0 Å². The monoisotopic (exact) mass is 397 g/mol.